The molecule has 8 heteroatoms. The Bertz CT molecular complexity index is 894. The van der Waals surface area contributed by atoms with E-state index >= 15 is 0 Å². The maximum atomic E-state index is 13.5. The molecule has 1 aromatic rings. The van der Waals surface area contributed by atoms with Gasteiger partial charge in [0.15, 0.2) is 0 Å². The number of anilines is 1. The number of hydrogen-bond acceptors (Lipinski definition) is 6. The van der Waals surface area contributed by atoms with E-state index in [1.54, 1.807) is 24.3 Å². The Labute approximate surface area is 182 Å². The number of benzene rings is 1. The van der Waals surface area contributed by atoms with Crippen molar-refractivity contribution >= 4 is 29.0 Å². The van der Waals surface area contributed by atoms with Gasteiger partial charge in [0, 0.05) is 32.3 Å². The molecule has 0 saturated carbocycles. The Balaban J connectivity index is 1.69. The van der Waals surface area contributed by atoms with Crippen molar-refractivity contribution in [2.75, 3.05) is 31.6 Å². The molecule has 0 bridgehead atoms. The van der Waals surface area contributed by atoms with Crippen LogP contribution in [0.3, 0.4) is 0 Å². The third kappa shape index (κ3) is 4.50. The summed E-state index contributed by atoms with van der Waals surface area (Å²) in [6.07, 6.45) is 1.58. The van der Waals surface area contributed by atoms with Gasteiger partial charge in [-0.25, -0.2) is 0 Å². The lowest BCUT2D eigenvalue weighted by atomic mass is 10.0. The second-order valence-corrected chi connectivity index (χ2v) is 8.50. The minimum atomic E-state index is -0.297. The van der Waals surface area contributed by atoms with E-state index in [1.165, 1.54) is 11.8 Å². The summed E-state index contributed by atoms with van der Waals surface area (Å²) < 4.78 is 11.5. The van der Waals surface area contributed by atoms with Crippen molar-refractivity contribution in [1.29, 1.82) is 0 Å². The first-order chi connectivity index (χ1) is 14.8. The maximum absolute atomic E-state index is 13.5. The van der Waals surface area contributed by atoms with Crippen LogP contribution in [-0.4, -0.2) is 72.1 Å². The zero-order valence-electron chi connectivity index (χ0n) is 18.2. The summed E-state index contributed by atoms with van der Waals surface area (Å²) in [4.78, 5) is 41.5. The third-order valence-corrected chi connectivity index (χ3v) is 5.78. The third-order valence-electron chi connectivity index (χ3n) is 5.78. The minimum absolute atomic E-state index is 0.0465. The molecule has 2 fully saturated rings. The Kier molecular flexibility index (Phi) is 6.11. The van der Waals surface area contributed by atoms with Gasteiger partial charge in [-0.15, -0.1) is 0 Å². The molecule has 166 valence electrons. The van der Waals surface area contributed by atoms with Gasteiger partial charge in [0.2, 0.25) is 5.91 Å². The second kappa shape index (κ2) is 8.80. The van der Waals surface area contributed by atoms with Gasteiger partial charge >= 0.3 is 0 Å². The highest BCUT2D eigenvalue weighted by Crippen LogP contribution is 2.34. The first-order valence-corrected chi connectivity index (χ1v) is 10.8. The number of carbonyl (C=O) groups excluding carboxylic acids is 3. The van der Waals surface area contributed by atoms with Crippen LogP contribution in [-0.2, 0) is 23.9 Å². The fraction of sp³-hybridized carbons (Fsp3) is 0.522. The SMILES string of the molecule is CC(=O)Nc1ccc(C2=C(N3CC(C)OC(C)C3)C(=O)N(CC3CCCO3)C2=O)cc1. The molecule has 3 heterocycles. The van der Waals surface area contributed by atoms with Crippen LogP contribution in [0.1, 0.15) is 39.2 Å². The van der Waals surface area contributed by atoms with Crippen molar-refractivity contribution in [3.05, 3.63) is 35.5 Å². The molecular weight excluding hydrogens is 398 g/mol. The fourth-order valence-electron chi connectivity index (χ4n) is 4.56. The Morgan fingerprint density at radius 2 is 1.77 bits per heavy atom. The van der Waals surface area contributed by atoms with E-state index < -0.39 is 0 Å². The summed E-state index contributed by atoms with van der Waals surface area (Å²) in [5.41, 5.74) is 2.13. The van der Waals surface area contributed by atoms with Crippen molar-refractivity contribution in [2.24, 2.45) is 0 Å². The van der Waals surface area contributed by atoms with Crippen LogP contribution in [0, 0.1) is 0 Å². The molecule has 3 amide bonds. The number of morpholine rings is 1. The first kappa shape index (κ1) is 21.5. The van der Waals surface area contributed by atoms with Gasteiger partial charge in [-0.05, 0) is 44.4 Å². The molecule has 0 aromatic heterocycles. The minimum Gasteiger partial charge on any atom is -0.376 e. The smallest absolute Gasteiger partial charge is 0.277 e. The van der Waals surface area contributed by atoms with Crippen LogP contribution in [0.2, 0.25) is 0 Å². The molecule has 0 spiro atoms. The lowest BCUT2D eigenvalue weighted by Crippen LogP contribution is -2.47. The van der Waals surface area contributed by atoms with Crippen molar-refractivity contribution in [3.8, 4) is 0 Å². The number of nitrogens with one attached hydrogen (secondary N) is 1. The number of imide groups is 1. The van der Waals surface area contributed by atoms with Gasteiger partial charge in [-0.3, -0.25) is 19.3 Å². The number of carbonyl (C=O) groups is 3. The van der Waals surface area contributed by atoms with E-state index in [1.807, 2.05) is 18.7 Å². The number of ether oxygens (including phenoxy) is 2. The van der Waals surface area contributed by atoms with E-state index in [-0.39, 0.29) is 42.6 Å². The van der Waals surface area contributed by atoms with Crippen LogP contribution in [0.15, 0.2) is 30.0 Å². The molecule has 31 heavy (non-hydrogen) atoms. The highest BCUT2D eigenvalue weighted by atomic mass is 16.5. The zero-order valence-corrected chi connectivity index (χ0v) is 18.2. The standard InChI is InChI=1S/C23H29N3O5/c1-14-11-25(12-15(2)31-14)21-20(17-6-8-18(9-7-17)24-16(3)27)22(28)26(23(21)29)13-19-5-4-10-30-19/h6-9,14-15,19H,4-5,10-13H2,1-3H3,(H,24,27). The number of amides is 3. The maximum Gasteiger partial charge on any atom is 0.277 e. The van der Waals surface area contributed by atoms with Crippen LogP contribution in [0.25, 0.3) is 5.57 Å². The largest absolute Gasteiger partial charge is 0.376 e. The van der Waals surface area contributed by atoms with Crippen molar-refractivity contribution in [1.82, 2.24) is 9.80 Å². The molecule has 0 aliphatic carbocycles. The Morgan fingerprint density at radius 3 is 2.35 bits per heavy atom. The van der Waals surface area contributed by atoms with E-state index in [4.69, 9.17) is 9.47 Å². The molecule has 8 nitrogen and oxygen atoms in total. The quantitative estimate of drug-likeness (QED) is 0.724. The zero-order chi connectivity index (χ0) is 22.1. The molecule has 1 aromatic carbocycles. The molecular formula is C23H29N3O5. The van der Waals surface area contributed by atoms with E-state index in [0.717, 1.165) is 12.8 Å². The van der Waals surface area contributed by atoms with E-state index in [9.17, 15) is 14.4 Å². The van der Waals surface area contributed by atoms with Gasteiger partial charge in [-0.2, -0.15) is 0 Å². The summed E-state index contributed by atoms with van der Waals surface area (Å²) in [6, 6.07) is 7.03. The summed E-state index contributed by atoms with van der Waals surface area (Å²) in [6.45, 7) is 7.39. The summed E-state index contributed by atoms with van der Waals surface area (Å²) in [7, 11) is 0. The van der Waals surface area contributed by atoms with Gasteiger partial charge in [-0.1, -0.05) is 12.1 Å². The highest BCUT2D eigenvalue weighted by Gasteiger charge is 2.44. The van der Waals surface area contributed by atoms with Crippen molar-refractivity contribution in [2.45, 2.75) is 51.9 Å². The van der Waals surface area contributed by atoms with Gasteiger partial charge in [0.25, 0.3) is 11.8 Å². The molecule has 1 N–H and O–H groups in total. The van der Waals surface area contributed by atoms with Crippen LogP contribution >= 0.6 is 0 Å². The van der Waals surface area contributed by atoms with Gasteiger partial charge in [0.1, 0.15) is 5.70 Å². The van der Waals surface area contributed by atoms with Gasteiger partial charge in [0.05, 0.1) is 30.4 Å². The molecule has 3 unspecified atom stereocenters. The number of nitrogens with zero attached hydrogens (tertiary/aromatic N) is 2. The van der Waals surface area contributed by atoms with E-state index in [0.29, 0.717) is 42.2 Å². The molecule has 0 radical (unpaired) electrons. The highest BCUT2D eigenvalue weighted by molar-refractivity contribution is 6.35. The van der Waals surface area contributed by atoms with Gasteiger partial charge < -0.3 is 19.7 Å². The van der Waals surface area contributed by atoms with Crippen LogP contribution in [0.5, 0.6) is 0 Å². The fourth-order valence-corrected chi connectivity index (χ4v) is 4.56. The molecule has 2 saturated heterocycles. The van der Waals surface area contributed by atoms with Crippen LogP contribution in [0.4, 0.5) is 5.69 Å². The lowest BCUT2D eigenvalue weighted by Gasteiger charge is -2.37. The summed E-state index contributed by atoms with van der Waals surface area (Å²) >= 11 is 0. The summed E-state index contributed by atoms with van der Waals surface area (Å²) in [5, 5.41) is 2.73. The normalized spacial score (nSPS) is 26.7. The molecule has 3 atom stereocenters. The lowest BCUT2D eigenvalue weighted by molar-refractivity contribution is -0.140. The van der Waals surface area contributed by atoms with Crippen LogP contribution < -0.4 is 5.32 Å². The Hall–Kier alpha value is -2.71. The molecule has 4 rings (SSSR count). The number of rotatable bonds is 5. The topological polar surface area (TPSA) is 88.2 Å². The average Bonchev–Trinajstić information content (AvgIpc) is 3.30. The predicted octanol–water partition coefficient (Wildman–Crippen LogP) is 2.01. The average molecular weight is 428 g/mol. The monoisotopic (exact) mass is 427 g/mol. The van der Waals surface area contributed by atoms with Crippen molar-refractivity contribution in [3.63, 3.8) is 0 Å². The van der Waals surface area contributed by atoms with E-state index in [2.05, 4.69) is 5.32 Å². The molecule has 3 aliphatic heterocycles. The molecule has 3 aliphatic rings. The second-order valence-electron chi connectivity index (χ2n) is 8.50. The number of hydrogen-bond donors (Lipinski definition) is 1. The predicted molar refractivity (Wildman–Crippen MR) is 115 cm³/mol. The Morgan fingerprint density at radius 1 is 1.10 bits per heavy atom. The summed E-state index contributed by atoms with van der Waals surface area (Å²) in [5.74, 6) is -0.740. The first-order valence-electron chi connectivity index (χ1n) is 10.8. The van der Waals surface area contributed by atoms with Crippen molar-refractivity contribution < 1.29 is 23.9 Å².